The molecule has 0 saturated carbocycles. The van der Waals surface area contributed by atoms with Crippen LogP contribution in [-0.2, 0) is 10.1 Å². The van der Waals surface area contributed by atoms with Crippen molar-refractivity contribution >= 4 is 10.1 Å². The van der Waals surface area contributed by atoms with Gasteiger partial charge in [-0.05, 0) is 0 Å². The zero-order valence-corrected chi connectivity index (χ0v) is 16.4. The smallest absolute Gasteiger partial charge is 0.309 e. The van der Waals surface area contributed by atoms with E-state index in [1.807, 2.05) is 0 Å². The maximum Gasteiger partial charge on any atom is 1.00 e. The van der Waals surface area contributed by atoms with Crippen LogP contribution in [0, 0.1) is 5.75 Å². The molecule has 0 atom stereocenters. The largest absolute Gasteiger partial charge is 1.00 e. The van der Waals surface area contributed by atoms with Crippen LogP contribution in [0.1, 0.15) is 110 Å². The van der Waals surface area contributed by atoms with Crippen LogP contribution < -0.4 is 18.9 Å². The summed E-state index contributed by atoms with van der Waals surface area (Å²) < 4.78 is 29.5. The summed E-state index contributed by atoms with van der Waals surface area (Å²) in [5.41, 5.74) is 0. The van der Waals surface area contributed by atoms with Crippen molar-refractivity contribution in [1.82, 2.24) is 0 Å². The maximum atomic E-state index is 10.5. The van der Waals surface area contributed by atoms with E-state index in [0.717, 1.165) is 18.6 Å². The zero-order valence-electron chi connectivity index (χ0n) is 15.6. The predicted octanol–water partition coefficient (Wildman–Crippen LogP) is 3.30. The Kier molecular flexibility index (Phi) is 21.1. The molecule has 0 aromatic carbocycles. The van der Waals surface area contributed by atoms with Crippen LogP contribution in [0.5, 0.6) is 0 Å². The van der Waals surface area contributed by atoms with Gasteiger partial charge in [-0.25, -0.2) is 8.42 Å². The molecule has 0 aromatic rings. The average molecular weight is 340 g/mol. The first-order chi connectivity index (χ1) is 10.6. The van der Waals surface area contributed by atoms with Gasteiger partial charge < -0.3 is 4.55 Å². The van der Waals surface area contributed by atoms with Gasteiger partial charge in [0.1, 0.15) is 10.1 Å². The molecule has 0 aliphatic carbocycles. The van der Waals surface area contributed by atoms with Crippen molar-refractivity contribution in [2.24, 2.45) is 0 Å². The van der Waals surface area contributed by atoms with Gasteiger partial charge in [0.15, 0.2) is 0 Å². The minimum atomic E-state index is -3.87. The standard InChI is InChI=1S/C18H37O3S.Li/c1-2-3-4-5-6-7-8-9-10-11-12-13-14-15-16-17-18-22(19,20)21;/h18H,2-17H2,1H3,(H,19,20,21);/q-1;+1. The third kappa shape index (κ3) is 24.9. The van der Waals surface area contributed by atoms with E-state index in [1.54, 1.807) is 0 Å². The van der Waals surface area contributed by atoms with Gasteiger partial charge in [-0.15, -0.1) is 0 Å². The van der Waals surface area contributed by atoms with E-state index in [1.165, 1.54) is 83.5 Å². The van der Waals surface area contributed by atoms with Crippen molar-refractivity contribution in [2.45, 2.75) is 110 Å². The number of hydrogen-bond donors (Lipinski definition) is 1. The Morgan fingerprint density at radius 2 is 0.957 bits per heavy atom. The van der Waals surface area contributed by atoms with Crippen LogP contribution in [0.15, 0.2) is 0 Å². The molecule has 0 rings (SSSR count). The van der Waals surface area contributed by atoms with Crippen LogP contribution >= 0.6 is 0 Å². The van der Waals surface area contributed by atoms with Gasteiger partial charge in [0, 0.05) is 0 Å². The van der Waals surface area contributed by atoms with Crippen molar-refractivity contribution in [2.75, 3.05) is 0 Å². The van der Waals surface area contributed by atoms with Gasteiger partial charge in [0.25, 0.3) is 0 Å². The van der Waals surface area contributed by atoms with Gasteiger partial charge in [-0.1, -0.05) is 103 Å². The quantitative estimate of drug-likeness (QED) is 0.191. The summed E-state index contributed by atoms with van der Waals surface area (Å²) >= 11 is 0. The van der Waals surface area contributed by atoms with Crippen LogP contribution in [0.3, 0.4) is 0 Å². The zero-order chi connectivity index (χ0) is 16.5. The summed E-state index contributed by atoms with van der Waals surface area (Å²) in [4.78, 5) is 0. The predicted molar refractivity (Wildman–Crippen MR) is 95.4 cm³/mol. The van der Waals surface area contributed by atoms with Gasteiger partial charge in [-0.2, -0.15) is 12.2 Å². The van der Waals surface area contributed by atoms with Gasteiger partial charge >= 0.3 is 18.9 Å². The molecule has 0 radical (unpaired) electrons. The minimum Gasteiger partial charge on any atom is -0.309 e. The molecule has 3 nitrogen and oxygen atoms in total. The number of hydrogen-bond acceptors (Lipinski definition) is 2. The first kappa shape index (κ1) is 25.7. The van der Waals surface area contributed by atoms with Gasteiger partial charge in [0.05, 0.1) is 0 Å². The molecule has 0 amide bonds. The molecule has 0 spiro atoms. The Hall–Kier alpha value is 0.507. The normalized spacial score (nSPS) is 11.4. The molecular weight excluding hydrogens is 303 g/mol. The summed E-state index contributed by atoms with van der Waals surface area (Å²) in [5, 5.41) is 0. The monoisotopic (exact) mass is 340 g/mol. The van der Waals surface area contributed by atoms with E-state index in [2.05, 4.69) is 6.92 Å². The Morgan fingerprint density at radius 3 is 1.26 bits per heavy atom. The minimum absolute atomic E-state index is 0. The molecule has 0 heterocycles. The molecule has 0 saturated heterocycles. The number of rotatable bonds is 17. The third-order valence-electron chi connectivity index (χ3n) is 4.14. The fourth-order valence-corrected chi connectivity index (χ4v) is 3.21. The molecule has 1 N–H and O–H groups in total. The SMILES string of the molecule is CCCCCCCCCCCCCCCCC[CH-]S(=O)(=O)O.[Li+]. The van der Waals surface area contributed by atoms with Crippen molar-refractivity contribution < 1.29 is 31.8 Å². The summed E-state index contributed by atoms with van der Waals surface area (Å²) in [7, 11) is -3.87. The molecule has 0 fully saturated rings. The fraction of sp³-hybridized carbons (Fsp3) is 0.944. The van der Waals surface area contributed by atoms with Crippen molar-refractivity contribution in [3.8, 4) is 0 Å². The molecule has 23 heavy (non-hydrogen) atoms. The molecule has 0 bridgehead atoms. The molecule has 5 heteroatoms. The summed E-state index contributed by atoms with van der Waals surface area (Å²) in [6, 6.07) is 0. The topological polar surface area (TPSA) is 54.4 Å². The Labute approximate surface area is 157 Å². The first-order valence-electron chi connectivity index (χ1n) is 9.37. The molecule has 134 valence electrons. The van der Waals surface area contributed by atoms with Crippen LogP contribution in [0.25, 0.3) is 0 Å². The first-order valence-corrected chi connectivity index (χ1v) is 10.9. The average Bonchev–Trinajstić information content (AvgIpc) is 2.45. The molecule has 0 aromatic heterocycles. The second-order valence-corrected chi connectivity index (χ2v) is 7.78. The Morgan fingerprint density at radius 1 is 0.652 bits per heavy atom. The Balaban J connectivity index is 0. The second-order valence-electron chi connectivity index (χ2n) is 6.42. The van der Waals surface area contributed by atoms with Gasteiger partial charge in [0.2, 0.25) is 0 Å². The van der Waals surface area contributed by atoms with Crippen molar-refractivity contribution in [3.05, 3.63) is 5.75 Å². The molecule has 0 unspecified atom stereocenters. The van der Waals surface area contributed by atoms with Crippen molar-refractivity contribution in [1.29, 1.82) is 0 Å². The second kappa shape index (κ2) is 18.8. The summed E-state index contributed by atoms with van der Waals surface area (Å²) in [5.74, 6) is 1.01. The molecule has 0 aliphatic heterocycles. The van der Waals surface area contributed by atoms with E-state index in [9.17, 15) is 8.42 Å². The van der Waals surface area contributed by atoms with Crippen LogP contribution in [0.4, 0.5) is 0 Å². The van der Waals surface area contributed by atoms with E-state index < -0.39 is 10.1 Å². The van der Waals surface area contributed by atoms with Crippen molar-refractivity contribution in [3.63, 3.8) is 0 Å². The van der Waals surface area contributed by atoms with Gasteiger partial charge in [-0.3, -0.25) is 0 Å². The van der Waals surface area contributed by atoms with E-state index in [-0.39, 0.29) is 18.9 Å². The van der Waals surface area contributed by atoms with E-state index in [4.69, 9.17) is 4.55 Å². The summed E-state index contributed by atoms with van der Waals surface area (Å²) in [6.07, 6.45) is 20.0. The Bertz CT molecular complexity index is 318. The van der Waals surface area contributed by atoms with E-state index in [0.29, 0.717) is 6.42 Å². The van der Waals surface area contributed by atoms with Crippen LogP contribution in [-0.4, -0.2) is 13.0 Å². The number of unbranched alkanes of at least 4 members (excludes halogenated alkanes) is 15. The molecule has 0 aliphatic rings. The van der Waals surface area contributed by atoms with Crippen LogP contribution in [0.2, 0.25) is 0 Å². The van der Waals surface area contributed by atoms with E-state index >= 15 is 0 Å². The fourth-order valence-electron chi connectivity index (χ4n) is 2.75. The third-order valence-corrected chi connectivity index (χ3v) is 4.79. The molecular formula is C18H37LiO3S. The summed E-state index contributed by atoms with van der Waals surface area (Å²) in [6.45, 7) is 2.26. The maximum absolute atomic E-state index is 10.5.